The second kappa shape index (κ2) is 3.62. The van der Waals surface area contributed by atoms with Gasteiger partial charge in [-0.3, -0.25) is 0 Å². The van der Waals surface area contributed by atoms with Crippen molar-refractivity contribution in [3.63, 3.8) is 0 Å². The molecule has 1 atom stereocenters. The molecule has 2 heteroatoms. The lowest BCUT2D eigenvalue weighted by Gasteiger charge is -2.22. The van der Waals surface area contributed by atoms with Crippen LogP contribution in [0.4, 0.5) is 0 Å². The first-order valence-electron chi connectivity index (χ1n) is 3.75. The van der Waals surface area contributed by atoms with Crippen molar-refractivity contribution in [3.8, 4) is 0 Å². The van der Waals surface area contributed by atoms with Crippen LogP contribution in [0.2, 0.25) is 0 Å². The zero-order valence-corrected chi connectivity index (χ0v) is 6.59. The maximum absolute atomic E-state index is 5.42. The van der Waals surface area contributed by atoms with Gasteiger partial charge in [0.25, 0.3) is 0 Å². The molecule has 1 aliphatic rings. The van der Waals surface area contributed by atoms with Gasteiger partial charge in [0.2, 0.25) is 0 Å². The topological polar surface area (TPSA) is 18.5 Å². The number of ether oxygens (including phenoxy) is 2. The fourth-order valence-electron chi connectivity index (χ4n) is 1.05. The summed E-state index contributed by atoms with van der Waals surface area (Å²) in [4.78, 5) is 0. The van der Waals surface area contributed by atoms with Crippen LogP contribution in [0.5, 0.6) is 0 Å². The van der Waals surface area contributed by atoms with Crippen molar-refractivity contribution >= 4 is 0 Å². The second-order valence-corrected chi connectivity index (χ2v) is 2.38. The maximum Gasteiger partial charge on any atom is 0.199 e. The van der Waals surface area contributed by atoms with E-state index in [1.54, 1.807) is 7.11 Å². The van der Waals surface area contributed by atoms with E-state index in [2.05, 4.69) is 13.0 Å². The molecule has 0 spiro atoms. The van der Waals surface area contributed by atoms with Crippen LogP contribution in [0.1, 0.15) is 26.2 Å². The van der Waals surface area contributed by atoms with Gasteiger partial charge in [-0.1, -0.05) is 6.92 Å². The summed E-state index contributed by atoms with van der Waals surface area (Å²) in [6, 6.07) is 0. The lowest BCUT2D eigenvalue weighted by Crippen LogP contribution is -2.17. The van der Waals surface area contributed by atoms with Crippen molar-refractivity contribution in [1.82, 2.24) is 0 Å². The van der Waals surface area contributed by atoms with E-state index < -0.39 is 0 Å². The van der Waals surface area contributed by atoms with E-state index >= 15 is 0 Å². The van der Waals surface area contributed by atoms with Gasteiger partial charge in [-0.15, -0.1) is 0 Å². The molecule has 0 radical (unpaired) electrons. The van der Waals surface area contributed by atoms with Gasteiger partial charge in [0, 0.05) is 20.0 Å². The number of rotatable bonds is 2. The highest BCUT2D eigenvalue weighted by Gasteiger charge is 2.13. The normalized spacial score (nSPS) is 25.4. The van der Waals surface area contributed by atoms with Gasteiger partial charge >= 0.3 is 0 Å². The van der Waals surface area contributed by atoms with Crippen molar-refractivity contribution in [2.45, 2.75) is 32.5 Å². The molecular weight excluding hydrogens is 128 g/mol. The summed E-state index contributed by atoms with van der Waals surface area (Å²) in [5, 5.41) is 0. The highest BCUT2D eigenvalue weighted by molar-refractivity contribution is 4.95. The lowest BCUT2D eigenvalue weighted by molar-refractivity contribution is -0.106. The molecule has 1 heterocycles. The van der Waals surface area contributed by atoms with Gasteiger partial charge in [0.15, 0.2) is 6.29 Å². The van der Waals surface area contributed by atoms with E-state index in [0.29, 0.717) is 0 Å². The Kier molecular flexibility index (Phi) is 2.75. The monoisotopic (exact) mass is 142 g/mol. The van der Waals surface area contributed by atoms with E-state index in [4.69, 9.17) is 9.47 Å². The van der Waals surface area contributed by atoms with Crippen molar-refractivity contribution < 1.29 is 9.47 Å². The minimum atomic E-state index is -0.0000463. The van der Waals surface area contributed by atoms with E-state index in [1.807, 2.05) is 0 Å². The molecule has 0 bridgehead atoms. The van der Waals surface area contributed by atoms with Crippen LogP contribution < -0.4 is 0 Å². The lowest BCUT2D eigenvalue weighted by atomic mass is 10.2. The van der Waals surface area contributed by atoms with Crippen LogP contribution in [-0.4, -0.2) is 13.4 Å². The van der Waals surface area contributed by atoms with Gasteiger partial charge < -0.3 is 9.47 Å². The van der Waals surface area contributed by atoms with Crippen molar-refractivity contribution in [3.05, 3.63) is 11.8 Å². The smallest absolute Gasteiger partial charge is 0.199 e. The average molecular weight is 142 g/mol. The third kappa shape index (κ3) is 1.74. The van der Waals surface area contributed by atoms with Crippen LogP contribution in [0.25, 0.3) is 0 Å². The van der Waals surface area contributed by atoms with Crippen LogP contribution in [0, 0.1) is 0 Å². The first kappa shape index (κ1) is 7.61. The molecule has 10 heavy (non-hydrogen) atoms. The number of hydrogen-bond acceptors (Lipinski definition) is 2. The van der Waals surface area contributed by atoms with Crippen LogP contribution >= 0.6 is 0 Å². The Morgan fingerprint density at radius 1 is 1.80 bits per heavy atom. The largest absolute Gasteiger partial charge is 0.470 e. The summed E-state index contributed by atoms with van der Waals surface area (Å²) in [6.45, 7) is 2.09. The molecule has 58 valence electrons. The molecule has 0 saturated heterocycles. The van der Waals surface area contributed by atoms with Crippen LogP contribution in [-0.2, 0) is 9.47 Å². The van der Waals surface area contributed by atoms with E-state index in [1.165, 1.54) is 0 Å². The van der Waals surface area contributed by atoms with Crippen LogP contribution in [0.3, 0.4) is 0 Å². The van der Waals surface area contributed by atoms with Crippen LogP contribution in [0.15, 0.2) is 11.8 Å². The molecule has 0 aromatic rings. The Hall–Kier alpha value is -0.500. The molecule has 0 N–H and O–H groups in total. The highest BCUT2D eigenvalue weighted by atomic mass is 16.7. The Morgan fingerprint density at radius 3 is 3.20 bits per heavy atom. The maximum atomic E-state index is 5.42. The molecule has 0 aliphatic carbocycles. The molecule has 0 saturated carbocycles. The second-order valence-electron chi connectivity index (χ2n) is 2.38. The first-order chi connectivity index (χ1) is 4.86. The zero-order chi connectivity index (χ0) is 7.40. The Morgan fingerprint density at radius 2 is 2.60 bits per heavy atom. The van der Waals surface area contributed by atoms with Crippen molar-refractivity contribution in [1.29, 1.82) is 0 Å². The minimum Gasteiger partial charge on any atom is -0.470 e. The fourth-order valence-corrected chi connectivity index (χ4v) is 1.05. The fraction of sp³-hybridized carbons (Fsp3) is 0.750. The van der Waals surface area contributed by atoms with E-state index in [-0.39, 0.29) is 6.29 Å². The third-order valence-corrected chi connectivity index (χ3v) is 1.67. The van der Waals surface area contributed by atoms with E-state index in [0.717, 1.165) is 25.0 Å². The minimum absolute atomic E-state index is 0.0000463. The number of allylic oxidation sites excluding steroid dienone is 2. The molecular formula is C8H14O2. The van der Waals surface area contributed by atoms with Gasteiger partial charge in [-0.05, 0) is 12.5 Å². The summed E-state index contributed by atoms with van der Waals surface area (Å²) in [5.74, 6) is 1.07. The summed E-state index contributed by atoms with van der Waals surface area (Å²) < 4.78 is 10.5. The third-order valence-electron chi connectivity index (χ3n) is 1.67. The average Bonchev–Trinajstić information content (AvgIpc) is 2.05. The van der Waals surface area contributed by atoms with Gasteiger partial charge in [0.05, 0.1) is 5.76 Å². The Labute approximate surface area is 61.8 Å². The van der Waals surface area contributed by atoms with E-state index in [9.17, 15) is 0 Å². The van der Waals surface area contributed by atoms with Gasteiger partial charge in [-0.2, -0.15) is 0 Å². The molecule has 0 aromatic heterocycles. The van der Waals surface area contributed by atoms with Crippen molar-refractivity contribution in [2.24, 2.45) is 0 Å². The molecule has 1 unspecified atom stereocenters. The van der Waals surface area contributed by atoms with Crippen molar-refractivity contribution in [2.75, 3.05) is 7.11 Å². The molecule has 1 rings (SSSR count). The highest BCUT2D eigenvalue weighted by Crippen LogP contribution is 2.18. The summed E-state index contributed by atoms with van der Waals surface area (Å²) in [6.07, 6.45) is 5.18. The predicted octanol–water partition coefficient (Wildman–Crippen LogP) is 2.06. The number of hydrogen-bond donors (Lipinski definition) is 0. The first-order valence-corrected chi connectivity index (χ1v) is 3.75. The SMILES string of the molecule is CCC1=CCCC(OC)O1. The molecule has 0 amide bonds. The Bertz CT molecular complexity index is 129. The quantitative estimate of drug-likeness (QED) is 0.587. The summed E-state index contributed by atoms with van der Waals surface area (Å²) >= 11 is 0. The molecule has 0 aromatic carbocycles. The summed E-state index contributed by atoms with van der Waals surface area (Å²) in [5.41, 5.74) is 0. The zero-order valence-electron chi connectivity index (χ0n) is 6.59. The Balaban J connectivity index is 2.40. The molecule has 1 aliphatic heterocycles. The molecule has 2 nitrogen and oxygen atoms in total. The summed E-state index contributed by atoms with van der Waals surface area (Å²) in [7, 11) is 1.68. The van der Waals surface area contributed by atoms with Gasteiger partial charge in [-0.25, -0.2) is 0 Å². The van der Waals surface area contributed by atoms with Gasteiger partial charge in [0.1, 0.15) is 0 Å². The number of methoxy groups -OCH3 is 1. The molecule has 0 fully saturated rings. The standard InChI is InChI=1S/C8H14O2/c1-3-7-5-4-6-8(9-2)10-7/h5,8H,3-4,6H2,1-2H3. The predicted molar refractivity (Wildman–Crippen MR) is 39.5 cm³/mol.